The number of carbonyl (C=O) groups excluding carboxylic acids is 2. The Morgan fingerprint density at radius 1 is 0.929 bits per heavy atom. The number of hydrogen-bond acceptors (Lipinski definition) is 2. The number of primary amides is 2. The van der Waals surface area contributed by atoms with E-state index < -0.39 is 11.8 Å². The fourth-order valence-corrected chi connectivity index (χ4v) is 1.59. The summed E-state index contributed by atoms with van der Waals surface area (Å²) in [6.07, 6.45) is 0.155. The van der Waals surface area contributed by atoms with Crippen molar-refractivity contribution in [1.29, 1.82) is 0 Å². The van der Waals surface area contributed by atoms with Gasteiger partial charge < -0.3 is 11.5 Å². The van der Waals surface area contributed by atoms with Crippen LogP contribution < -0.4 is 11.5 Å². The van der Waals surface area contributed by atoms with Gasteiger partial charge >= 0.3 is 0 Å². The summed E-state index contributed by atoms with van der Waals surface area (Å²) in [6.45, 7) is 0. The van der Waals surface area contributed by atoms with Crippen LogP contribution in [0, 0.1) is 0 Å². The summed E-state index contributed by atoms with van der Waals surface area (Å²) in [6, 6.07) is 0. The summed E-state index contributed by atoms with van der Waals surface area (Å²) < 4.78 is 0. The third kappa shape index (κ3) is 2.08. The summed E-state index contributed by atoms with van der Waals surface area (Å²) in [4.78, 5) is 21.9. The van der Waals surface area contributed by atoms with Gasteiger partial charge in [0.2, 0.25) is 11.8 Å². The SMILES string of the molecule is NC(=O)C1=C(C(N)=O)CC(Cl)=C(Cl)C1. The quantitative estimate of drug-likeness (QED) is 0.739. The van der Waals surface area contributed by atoms with Gasteiger partial charge in [0.25, 0.3) is 0 Å². The van der Waals surface area contributed by atoms with Gasteiger partial charge in [0.05, 0.1) is 0 Å². The zero-order valence-electron chi connectivity index (χ0n) is 7.14. The highest BCUT2D eigenvalue weighted by molar-refractivity contribution is 6.40. The zero-order chi connectivity index (χ0) is 10.9. The average molecular weight is 235 g/mol. The maximum Gasteiger partial charge on any atom is 0.245 e. The van der Waals surface area contributed by atoms with E-state index in [1.165, 1.54) is 0 Å². The van der Waals surface area contributed by atoms with E-state index in [0.29, 0.717) is 10.1 Å². The molecule has 0 fully saturated rings. The Balaban J connectivity index is 3.12. The molecule has 0 saturated heterocycles. The van der Waals surface area contributed by atoms with E-state index in [0.717, 1.165) is 0 Å². The van der Waals surface area contributed by atoms with Crippen LogP contribution in [-0.2, 0) is 9.59 Å². The first kappa shape index (κ1) is 11.1. The Hall–Kier alpha value is -1.00. The van der Waals surface area contributed by atoms with Gasteiger partial charge in [-0.15, -0.1) is 0 Å². The number of hydrogen-bond donors (Lipinski definition) is 2. The lowest BCUT2D eigenvalue weighted by molar-refractivity contribution is -0.117. The lowest BCUT2D eigenvalue weighted by Gasteiger charge is -2.16. The van der Waals surface area contributed by atoms with Gasteiger partial charge in [-0.05, 0) is 0 Å². The number of rotatable bonds is 2. The van der Waals surface area contributed by atoms with Crippen LogP contribution in [0.25, 0.3) is 0 Å². The molecule has 0 aromatic carbocycles. The zero-order valence-corrected chi connectivity index (χ0v) is 8.65. The molecule has 0 heterocycles. The van der Waals surface area contributed by atoms with Gasteiger partial charge in [0.1, 0.15) is 0 Å². The van der Waals surface area contributed by atoms with Crippen LogP contribution in [0.2, 0.25) is 0 Å². The Kier molecular flexibility index (Phi) is 3.18. The predicted molar refractivity (Wildman–Crippen MR) is 53.4 cm³/mol. The minimum absolute atomic E-state index is 0.0774. The Morgan fingerprint density at radius 3 is 1.43 bits per heavy atom. The molecular formula is C8H8Cl2N2O2. The topological polar surface area (TPSA) is 86.2 Å². The van der Waals surface area contributed by atoms with Crippen LogP contribution in [0.5, 0.6) is 0 Å². The molecule has 1 aliphatic carbocycles. The highest BCUT2D eigenvalue weighted by Gasteiger charge is 2.24. The number of carbonyl (C=O) groups is 2. The first-order valence-corrected chi connectivity index (χ1v) is 4.53. The third-order valence-electron chi connectivity index (χ3n) is 1.92. The molecule has 2 amide bonds. The van der Waals surface area contributed by atoms with E-state index in [1.807, 2.05) is 0 Å². The fraction of sp³-hybridized carbons (Fsp3) is 0.250. The summed E-state index contributed by atoms with van der Waals surface area (Å²) in [5.41, 5.74) is 10.4. The summed E-state index contributed by atoms with van der Waals surface area (Å²) >= 11 is 11.5. The van der Waals surface area contributed by atoms with Gasteiger partial charge in [0, 0.05) is 34.1 Å². The van der Waals surface area contributed by atoms with E-state index in [4.69, 9.17) is 34.7 Å². The largest absolute Gasteiger partial charge is 0.366 e. The highest BCUT2D eigenvalue weighted by Crippen LogP contribution is 2.33. The van der Waals surface area contributed by atoms with Gasteiger partial charge in [0.15, 0.2) is 0 Å². The van der Waals surface area contributed by atoms with Crippen molar-refractivity contribution in [2.75, 3.05) is 0 Å². The summed E-state index contributed by atoms with van der Waals surface area (Å²) in [7, 11) is 0. The molecule has 0 spiro atoms. The normalized spacial score (nSPS) is 17.3. The molecule has 0 radical (unpaired) electrons. The van der Waals surface area contributed by atoms with E-state index in [1.54, 1.807) is 0 Å². The molecule has 0 aliphatic heterocycles. The van der Waals surface area contributed by atoms with Crippen LogP contribution >= 0.6 is 23.2 Å². The molecule has 14 heavy (non-hydrogen) atoms. The minimum atomic E-state index is -0.693. The van der Waals surface area contributed by atoms with Crippen molar-refractivity contribution >= 4 is 35.0 Å². The molecule has 0 atom stereocenters. The molecule has 0 aromatic rings. The third-order valence-corrected chi connectivity index (χ3v) is 2.74. The molecule has 1 rings (SSSR count). The van der Waals surface area contributed by atoms with Crippen LogP contribution in [-0.4, -0.2) is 11.8 Å². The molecule has 0 aromatic heterocycles. The number of halogens is 2. The van der Waals surface area contributed by atoms with E-state index in [2.05, 4.69) is 0 Å². The second-order valence-electron chi connectivity index (χ2n) is 2.85. The minimum Gasteiger partial charge on any atom is -0.366 e. The van der Waals surface area contributed by atoms with Crippen molar-refractivity contribution in [3.05, 3.63) is 21.2 Å². The van der Waals surface area contributed by atoms with Crippen LogP contribution in [0.4, 0.5) is 0 Å². The van der Waals surface area contributed by atoms with E-state index in [9.17, 15) is 9.59 Å². The van der Waals surface area contributed by atoms with Crippen molar-refractivity contribution in [3.8, 4) is 0 Å². The van der Waals surface area contributed by atoms with Gasteiger partial charge in [-0.3, -0.25) is 9.59 Å². The molecule has 1 aliphatic rings. The van der Waals surface area contributed by atoms with Crippen molar-refractivity contribution < 1.29 is 9.59 Å². The predicted octanol–water partition coefficient (Wildman–Crippen LogP) is 0.737. The average Bonchev–Trinajstić information content (AvgIpc) is 2.08. The van der Waals surface area contributed by atoms with Crippen molar-refractivity contribution in [3.63, 3.8) is 0 Å². The molecule has 0 unspecified atom stereocenters. The molecule has 6 heteroatoms. The number of allylic oxidation sites excluding steroid dienone is 2. The van der Waals surface area contributed by atoms with Crippen LogP contribution in [0.15, 0.2) is 21.2 Å². The van der Waals surface area contributed by atoms with Crippen molar-refractivity contribution in [2.45, 2.75) is 12.8 Å². The fourth-order valence-electron chi connectivity index (χ4n) is 1.19. The van der Waals surface area contributed by atoms with E-state index in [-0.39, 0.29) is 24.0 Å². The summed E-state index contributed by atoms with van der Waals surface area (Å²) in [5, 5.41) is 0.649. The van der Waals surface area contributed by atoms with Gasteiger partial charge in [-0.2, -0.15) is 0 Å². The molecule has 4 N–H and O–H groups in total. The van der Waals surface area contributed by atoms with Crippen molar-refractivity contribution in [2.24, 2.45) is 11.5 Å². The van der Waals surface area contributed by atoms with Crippen LogP contribution in [0.3, 0.4) is 0 Å². The monoisotopic (exact) mass is 234 g/mol. The Labute approximate surface area is 90.5 Å². The maximum absolute atomic E-state index is 11.0. The lowest BCUT2D eigenvalue weighted by atomic mass is 9.95. The molecule has 76 valence electrons. The lowest BCUT2D eigenvalue weighted by Crippen LogP contribution is -2.25. The smallest absolute Gasteiger partial charge is 0.245 e. The van der Waals surface area contributed by atoms with E-state index >= 15 is 0 Å². The molecular weight excluding hydrogens is 227 g/mol. The molecule has 0 saturated carbocycles. The second kappa shape index (κ2) is 4.02. The number of nitrogens with two attached hydrogens (primary N) is 2. The maximum atomic E-state index is 11.0. The summed E-state index contributed by atoms with van der Waals surface area (Å²) in [5.74, 6) is -1.39. The first-order valence-electron chi connectivity index (χ1n) is 3.78. The molecule has 0 bridgehead atoms. The van der Waals surface area contributed by atoms with Gasteiger partial charge in [-0.1, -0.05) is 23.2 Å². The highest BCUT2D eigenvalue weighted by atomic mass is 35.5. The first-order chi connectivity index (χ1) is 6.43. The van der Waals surface area contributed by atoms with Crippen molar-refractivity contribution in [1.82, 2.24) is 0 Å². The Bertz CT molecular complexity index is 338. The second-order valence-corrected chi connectivity index (χ2v) is 3.76. The Morgan fingerprint density at radius 2 is 1.21 bits per heavy atom. The van der Waals surface area contributed by atoms with Gasteiger partial charge in [-0.25, -0.2) is 0 Å². The standard InChI is InChI=1S/C8H8Cl2N2O2/c9-5-1-3(7(11)13)4(8(12)14)2-6(5)10/h1-2H2,(H2,11,13)(H2,12,14). The number of amides is 2. The van der Waals surface area contributed by atoms with Crippen LogP contribution in [0.1, 0.15) is 12.8 Å². The molecule has 4 nitrogen and oxygen atoms in total.